The Morgan fingerprint density at radius 2 is 1.59 bits per heavy atom. The Labute approximate surface area is 204 Å². The van der Waals surface area contributed by atoms with Crippen LogP contribution < -0.4 is 24.3 Å². The lowest BCUT2D eigenvalue weighted by Gasteiger charge is -2.39. The molecule has 8 heteroatoms. The van der Waals surface area contributed by atoms with Crippen LogP contribution in [0.1, 0.15) is 17.2 Å². The maximum absolute atomic E-state index is 13.3. The van der Waals surface area contributed by atoms with Gasteiger partial charge in [0.15, 0.2) is 16.6 Å². The van der Waals surface area contributed by atoms with Gasteiger partial charge in [-0.25, -0.2) is 4.39 Å². The minimum atomic E-state index is -0.307. The van der Waals surface area contributed by atoms with Crippen LogP contribution in [0.5, 0.6) is 23.0 Å². The number of ether oxygens (including phenoxy) is 4. The Balaban J connectivity index is 1.62. The third-order valence-corrected chi connectivity index (χ3v) is 6.16. The fourth-order valence-corrected chi connectivity index (χ4v) is 4.36. The molecule has 0 saturated carbocycles. The molecule has 34 heavy (non-hydrogen) atoms. The van der Waals surface area contributed by atoms with Gasteiger partial charge in [0.25, 0.3) is 0 Å². The molecular formula is C26H27FN2O4S. The van der Waals surface area contributed by atoms with E-state index >= 15 is 0 Å². The normalized spacial score (nSPS) is 14.7. The van der Waals surface area contributed by atoms with Gasteiger partial charge in [0.2, 0.25) is 0 Å². The number of hydrogen-bond acceptors (Lipinski definition) is 5. The van der Waals surface area contributed by atoms with Gasteiger partial charge >= 0.3 is 0 Å². The van der Waals surface area contributed by atoms with Crippen LogP contribution in [-0.2, 0) is 6.42 Å². The zero-order valence-electron chi connectivity index (χ0n) is 19.3. The molecule has 0 unspecified atom stereocenters. The lowest BCUT2D eigenvalue weighted by molar-refractivity contribution is 0.190. The average Bonchev–Trinajstić information content (AvgIpc) is 2.87. The molecule has 0 saturated heterocycles. The Morgan fingerprint density at radius 3 is 2.24 bits per heavy atom. The molecule has 1 atom stereocenters. The third-order valence-electron chi connectivity index (χ3n) is 5.83. The maximum atomic E-state index is 13.3. The summed E-state index contributed by atoms with van der Waals surface area (Å²) in [5, 5.41) is 3.90. The lowest BCUT2D eigenvalue weighted by atomic mass is 9.92. The Hall–Kier alpha value is -3.52. The van der Waals surface area contributed by atoms with Crippen LogP contribution >= 0.6 is 12.2 Å². The van der Waals surface area contributed by atoms with Crippen molar-refractivity contribution in [2.45, 2.75) is 12.5 Å². The first-order chi connectivity index (χ1) is 16.5. The van der Waals surface area contributed by atoms with Crippen molar-refractivity contribution < 1.29 is 23.3 Å². The molecule has 1 heterocycles. The molecular weight excluding hydrogens is 455 g/mol. The summed E-state index contributed by atoms with van der Waals surface area (Å²) in [5.74, 6) is 2.38. The first-order valence-electron chi connectivity index (χ1n) is 10.9. The molecule has 0 fully saturated rings. The Bertz CT molecular complexity index is 1140. The third kappa shape index (κ3) is 5.17. The van der Waals surface area contributed by atoms with Crippen molar-refractivity contribution >= 4 is 23.0 Å². The van der Waals surface area contributed by atoms with Gasteiger partial charge in [-0.3, -0.25) is 0 Å². The minimum absolute atomic E-state index is 0.188. The number of hydrogen-bond donors (Lipinski definition) is 1. The van der Waals surface area contributed by atoms with Crippen molar-refractivity contribution in [3.05, 3.63) is 77.6 Å². The highest BCUT2D eigenvalue weighted by Gasteiger charge is 2.31. The fourth-order valence-electron chi connectivity index (χ4n) is 4.03. The van der Waals surface area contributed by atoms with Gasteiger partial charge in [0, 0.05) is 12.2 Å². The number of rotatable bonds is 7. The van der Waals surface area contributed by atoms with Gasteiger partial charge in [-0.05, 0) is 90.4 Å². The van der Waals surface area contributed by atoms with Crippen LogP contribution in [0, 0.1) is 5.82 Å². The predicted molar refractivity (Wildman–Crippen MR) is 134 cm³/mol. The first kappa shape index (κ1) is 23.6. The Kier molecular flexibility index (Phi) is 7.37. The van der Waals surface area contributed by atoms with Crippen LogP contribution in [-0.4, -0.2) is 44.5 Å². The summed E-state index contributed by atoms with van der Waals surface area (Å²) in [6.45, 7) is 1.01. The van der Waals surface area contributed by atoms with Crippen LogP contribution in [0.15, 0.2) is 60.7 Å². The van der Waals surface area contributed by atoms with Gasteiger partial charge in [0.1, 0.15) is 23.9 Å². The summed E-state index contributed by atoms with van der Waals surface area (Å²) in [6.07, 6.45) is 0.785. The van der Waals surface area contributed by atoms with E-state index in [1.807, 2.05) is 36.4 Å². The van der Waals surface area contributed by atoms with Crippen molar-refractivity contribution in [1.29, 1.82) is 0 Å². The van der Waals surface area contributed by atoms with Gasteiger partial charge in [-0.1, -0.05) is 0 Å². The van der Waals surface area contributed by atoms with Crippen molar-refractivity contribution in [2.75, 3.05) is 39.8 Å². The summed E-state index contributed by atoms with van der Waals surface area (Å²) in [4.78, 5) is 2.11. The number of fused-ring (bicyclic) bond motifs is 1. The van der Waals surface area contributed by atoms with E-state index in [4.69, 9.17) is 31.2 Å². The van der Waals surface area contributed by atoms with Crippen molar-refractivity contribution in [3.8, 4) is 23.0 Å². The zero-order chi connectivity index (χ0) is 24.1. The number of thiocarbonyl (C=S) groups is 1. The molecule has 3 aromatic rings. The van der Waals surface area contributed by atoms with E-state index in [9.17, 15) is 4.39 Å². The van der Waals surface area contributed by atoms with Crippen LogP contribution in [0.2, 0.25) is 0 Å². The van der Waals surface area contributed by atoms with Crippen LogP contribution in [0.25, 0.3) is 0 Å². The van der Waals surface area contributed by atoms with Gasteiger partial charge < -0.3 is 29.2 Å². The Morgan fingerprint density at radius 1 is 0.941 bits per heavy atom. The van der Waals surface area contributed by atoms with Crippen LogP contribution in [0.4, 0.5) is 10.1 Å². The van der Waals surface area contributed by atoms with Crippen molar-refractivity contribution in [3.63, 3.8) is 0 Å². The molecule has 0 aliphatic carbocycles. The molecule has 1 aliphatic rings. The standard InChI is InChI=1S/C26H27FN2O4S/c1-30-20-10-6-19(7-11-20)28-26(34)29-13-12-17-14-24(31-2)25(32-3)15-22(17)23(29)16-33-21-8-4-18(27)5-9-21/h4-11,14-15,23H,12-13,16H2,1-3H3,(H,28,34)/t23-/m1/s1. The lowest BCUT2D eigenvalue weighted by Crippen LogP contribution is -2.44. The summed E-state index contributed by atoms with van der Waals surface area (Å²) in [7, 11) is 4.88. The second-order valence-corrected chi connectivity index (χ2v) is 8.18. The van der Waals surface area contributed by atoms with E-state index in [-0.39, 0.29) is 11.9 Å². The monoisotopic (exact) mass is 482 g/mol. The van der Waals surface area contributed by atoms with Crippen molar-refractivity contribution in [1.82, 2.24) is 4.90 Å². The molecule has 0 amide bonds. The summed E-state index contributed by atoms with van der Waals surface area (Å²) >= 11 is 5.80. The van der Waals surface area contributed by atoms with Gasteiger partial charge in [0.05, 0.1) is 27.4 Å². The van der Waals surface area contributed by atoms with E-state index in [0.717, 1.165) is 29.0 Å². The highest BCUT2D eigenvalue weighted by molar-refractivity contribution is 7.80. The number of benzene rings is 3. The molecule has 178 valence electrons. The van der Waals surface area contributed by atoms with Crippen LogP contribution in [0.3, 0.4) is 0 Å². The topological polar surface area (TPSA) is 52.2 Å². The number of nitrogens with zero attached hydrogens (tertiary/aromatic N) is 1. The van der Waals surface area contributed by atoms with E-state index < -0.39 is 0 Å². The van der Waals surface area contributed by atoms with Gasteiger partial charge in [-0.2, -0.15) is 0 Å². The second-order valence-electron chi connectivity index (χ2n) is 7.79. The smallest absolute Gasteiger partial charge is 0.174 e. The molecule has 0 bridgehead atoms. The minimum Gasteiger partial charge on any atom is -0.497 e. The molecule has 0 spiro atoms. The summed E-state index contributed by atoms with van der Waals surface area (Å²) in [6, 6.07) is 17.4. The van der Waals surface area contributed by atoms with Gasteiger partial charge in [-0.15, -0.1) is 0 Å². The predicted octanol–water partition coefficient (Wildman–Crippen LogP) is 5.23. The summed E-state index contributed by atoms with van der Waals surface area (Å²) < 4.78 is 35.7. The number of methoxy groups -OCH3 is 3. The summed E-state index contributed by atoms with van der Waals surface area (Å²) in [5.41, 5.74) is 3.06. The molecule has 4 rings (SSSR count). The molecule has 3 aromatic carbocycles. The first-order valence-corrected chi connectivity index (χ1v) is 11.3. The van der Waals surface area contributed by atoms with Crippen molar-refractivity contribution in [2.24, 2.45) is 0 Å². The molecule has 0 aromatic heterocycles. The largest absolute Gasteiger partial charge is 0.497 e. The highest BCUT2D eigenvalue weighted by Crippen LogP contribution is 2.38. The molecule has 6 nitrogen and oxygen atoms in total. The van der Waals surface area contributed by atoms with E-state index in [2.05, 4.69) is 10.2 Å². The zero-order valence-corrected chi connectivity index (χ0v) is 20.2. The molecule has 1 N–H and O–H groups in total. The van der Waals surface area contributed by atoms with E-state index in [0.29, 0.717) is 35.5 Å². The fraction of sp³-hybridized carbons (Fsp3) is 0.269. The number of nitrogens with one attached hydrogen (secondary N) is 1. The molecule has 1 aliphatic heterocycles. The maximum Gasteiger partial charge on any atom is 0.174 e. The second kappa shape index (κ2) is 10.6. The SMILES string of the molecule is COc1ccc(NC(=S)N2CCc3cc(OC)c(OC)cc3[C@H]2COc2ccc(F)cc2)cc1. The number of anilines is 1. The van der Waals surface area contributed by atoms with E-state index in [1.165, 1.54) is 12.1 Å². The highest BCUT2D eigenvalue weighted by atomic mass is 32.1. The molecule has 0 radical (unpaired) electrons. The quantitative estimate of drug-likeness (QED) is 0.463. The van der Waals surface area contributed by atoms with E-state index in [1.54, 1.807) is 33.5 Å². The average molecular weight is 483 g/mol. The number of halogens is 1.